The number of nitriles is 1. The lowest BCUT2D eigenvalue weighted by atomic mass is 9.94. The van der Waals surface area contributed by atoms with Crippen LogP contribution in [0.1, 0.15) is 41.9 Å². The highest BCUT2D eigenvalue weighted by atomic mass is 35.5. The fourth-order valence-corrected chi connectivity index (χ4v) is 4.11. The van der Waals surface area contributed by atoms with Crippen molar-refractivity contribution in [2.75, 3.05) is 6.54 Å². The second-order valence-electron chi connectivity index (χ2n) is 8.39. The molecule has 0 atom stereocenters. The first-order valence-electron chi connectivity index (χ1n) is 11.6. The minimum atomic E-state index is -0.586. The Morgan fingerprint density at radius 1 is 1.11 bits per heavy atom. The van der Waals surface area contributed by atoms with Gasteiger partial charge >= 0.3 is 5.97 Å². The van der Waals surface area contributed by atoms with Gasteiger partial charge in [0.2, 0.25) is 0 Å². The average Bonchev–Trinajstić information content (AvgIpc) is 3.37. The molecule has 0 unspecified atom stereocenters. The summed E-state index contributed by atoms with van der Waals surface area (Å²) in [4.78, 5) is 39.3. The van der Waals surface area contributed by atoms with Crippen molar-refractivity contribution in [1.29, 1.82) is 5.26 Å². The molecule has 8 heteroatoms. The Hall–Kier alpha value is -4.41. The molecule has 4 rings (SSSR count). The fourth-order valence-electron chi connectivity index (χ4n) is 3.92. The first-order valence-corrected chi connectivity index (χ1v) is 12.0. The van der Waals surface area contributed by atoms with E-state index in [9.17, 15) is 19.6 Å². The van der Waals surface area contributed by atoms with E-state index < -0.39 is 17.8 Å². The van der Waals surface area contributed by atoms with Crippen LogP contribution in [0.25, 0.3) is 17.4 Å². The van der Waals surface area contributed by atoms with Crippen LogP contribution in [0.15, 0.2) is 81.8 Å². The van der Waals surface area contributed by atoms with Gasteiger partial charge in [-0.05, 0) is 60.9 Å². The van der Waals surface area contributed by atoms with Crippen molar-refractivity contribution >= 4 is 35.5 Å². The minimum absolute atomic E-state index is 0.0672. The zero-order valence-electron chi connectivity index (χ0n) is 20.3. The van der Waals surface area contributed by atoms with Gasteiger partial charge in [0.1, 0.15) is 29.8 Å². The topological polar surface area (TPSA) is 101 Å². The van der Waals surface area contributed by atoms with Crippen molar-refractivity contribution in [3.05, 3.63) is 99.3 Å². The van der Waals surface area contributed by atoms with Gasteiger partial charge in [-0.1, -0.05) is 48.9 Å². The maximum absolute atomic E-state index is 13.0. The highest BCUT2D eigenvalue weighted by Crippen LogP contribution is 2.31. The molecule has 0 N–H and O–H groups in total. The Bertz CT molecular complexity index is 1480. The fraction of sp³-hybridized carbons (Fsp3) is 0.172. The number of hydrogen-bond acceptors (Lipinski definition) is 6. The summed E-state index contributed by atoms with van der Waals surface area (Å²) in [5.74, 6) is -0.840. The minimum Gasteiger partial charge on any atom is -0.457 e. The molecular formula is C29H23ClN2O5. The predicted molar refractivity (Wildman–Crippen MR) is 138 cm³/mol. The molecule has 2 heterocycles. The number of nitrogens with zero attached hydrogens (tertiary/aromatic N) is 2. The smallest absolute Gasteiger partial charge is 0.340 e. The summed E-state index contributed by atoms with van der Waals surface area (Å²) in [6.45, 7) is 3.74. The lowest BCUT2D eigenvalue weighted by Gasteiger charge is -2.26. The molecule has 0 fully saturated rings. The summed E-state index contributed by atoms with van der Waals surface area (Å²) in [5, 5.41) is 9.72. The number of furan rings is 1. The lowest BCUT2D eigenvalue weighted by Crippen LogP contribution is -2.43. The number of carbonyl (C=O) groups is 3. The third kappa shape index (κ3) is 5.40. The maximum atomic E-state index is 13.0. The van der Waals surface area contributed by atoms with Crippen LogP contribution in [0, 0.1) is 11.3 Å². The predicted octanol–water partition coefficient (Wildman–Crippen LogP) is 5.96. The molecule has 0 aliphatic carbocycles. The molecule has 1 aromatic heterocycles. The van der Waals surface area contributed by atoms with Crippen LogP contribution < -0.4 is 0 Å². The van der Waals surface area contributed by atoms with Gasteiger partial charge in [0.15, 0.2) is 0 Å². The van der Waals surface area contributed by atoms with Crippen molar-refractivity contribution in [1.82, 2.24) is 4.90 Å². The third-order valence-corrected chi connectivity index (χ3v) is 6.20. The monoisotopic (exact) mass is 514 g/mol. The normalized spacial score (nSPS) is 14.8. The largest absolute Gasteiger partial charge is 0.457 e. The molecule has 1 aliphatic rings. The number of benzene rings is 2. The Kier molecular flexibility index (Phi) is 7.71. The van der Waals surface area contributed by atoms with E-state index in [1.54, 1.807) is 37.3 Å². The first-order chi connectivity index (χ1) is 17.8. The molecule has 0 saturated carbocycles. The summed E-state index contributed by atoms with van der Waals surface area (Å²) >= 11 is 6.26. The van der Waals surface area contributed by atoms with E-state index in [2.05, 4.69) is 0 Å². The number of hydrogen-bond donors (Lipinski definition) is 0. The van der Waals surface area contributed by atoms with Gasteiger partial charge < -0.3 is 9.15 Å². The van der Waals surface area contributed by atoms with Crippen molar-refractivity contribution < 1.29 is 23.5 Å². The number of halogens is 1. The van der Waals surface area contributed by atoms with E-state index in [1.807, 2.05) is 43.3 Å². The SMILES string of the molecule is CCCN1C(=O)C(C#N)=C(C)/C(=C\c2ccc(-c3ccc(Cl)c(C(=O)OCc4ccccc4)c3)o2)C1=O. The molecule has 7 nitrogen and oxygen atoms in total. The van der Waals surface area contributed by atoms with Crippen LogP contribution >= 0.6 is 11.6 Å². The van der Waals surface area contributed by atoms with Crippen LogP contribution in [0.3, 0.4) is 0 Å². The van der Waals surface area contributed by atoms with E-state index >= 15 is 0 Å². The Balaban J connectivity index is 1.60. The lowest BCUT2D eigenvalue weighted by molar-refractivity contribution is -0.140. The molecule has 0 bridgehead atoms. The van der Waals surface area contributed by atoms with Crippen LogP contribution in [0.5, 0.6) is 0 Å². The van der Waals surface area contributed by atoms with Gasteiger partial charge in [-0.2, -0.15) is 5.26 Å². The molecule has 3 aromatic rings. The molecule has 2 amide bonds. The van der Waals surface area contributed by atoms with Gasteiger partial charge in [-0.15, -0.1) is 0 Å². The molecule has 0 radical (unpaired) electrons. The van der Waals surface area contributed by atoms with Gasteiger partial charge in [-0.3, -0.25) is 14.5 Å². The molecular weight excluding hydrogens is 492 g/mol. The van der Waals surface area contributed by atoms with Crippen molar-refractivity contribution in [2.24, 2.45) is 0 Å². The Morgan fingerprint density at radius 3 is 2.57 bits per heavy atom. The van der Waals surface area contributed by atoms with Gasteiger partial charge in [0, 0.05) is 17.7 Å². The summed E-state index contributed by atoms with van der Waals surface area (Å²) < 4.78 is 11.3. The Morgan fingerprint density at radius 2 is 1.86 bits per heavy atom. The van der Waals surface area contributed by atoms with Crippen LogP contribution in [0.2, 0.25) is 5.02 Å². The Labute approximate surface area is 219 Å². The van der Waals surface area contributed by atoms with Gasteiger partial charge in [0.05, 0.1) is 10.6 Å². The van der Waals surface area contributed by atoms with Crippen LogP contribution in [-0.4, -0.2) is 29.2 Å². The number of amides is 2. The van der Waals surface area contributed by atoms with Gasteiger partial charge in [-0.25, -0.2) is 4.79 Å². The quantitative estimate of drug-likeness (QED) is 0.219. The standard InChI is InChI=1S/C29H23ClN2O5/c1-3-13-32-27(33)22(18(2)24(16-31)28(32)34)15-21-10-12-26(37-21)20-9-11-25(30)23(14-20)29(35)36-17-19-7-5-4-6-8-19/h4-12,14-15H,3,13,17H2,1-2H3/b22-15+. The van der Waals surface area contributed by atoms with Crippen molar-refractivity contribution in [3.8, 4) is 17.4 Å². The number of rotatable bonds is 7. The van der Waals surface area contributed by atoms with E-state index in [4.69, 9.17) is 20.8 Å². The molecule has 2 aromatic carbocycles. The highest BCUT2D eigenvalue weighted by Gasteiger charge is 2.35. The van der Waals surface area contributed by atoms with Gasteiger partial charge in [0.25, 0.3) is 11.8 Å². The molecule has 186 valence electrons. The number of esters is 1. The van der Waals surface area contributed by atoms with Crippen molar-refractivity contribution in [3.63, 3.8) is 0 Å². The molecule has 37 heavy (non-hydrogen) atoms. The summed E-state index contributed by atoms with van der Waals surface area (Å²) in [6, 6.07) is 19.5. The van der Waals surface area contributed by atoms with E-state index in [1.165, 1.54) is 6.08 Å². The highest BCUT2D eigenvalue weighted by molar-refractivity contribution is 6.33. The number of ether oxygens (including phenoxy) is 1. The summed E-state index contributed by atoms with van der Waals surface area (Å²) in [5.41, 5.74) is 2.09. The zero-order chi connectivity index (χ0) is 26.5. The number of carbonyl (C=O) groups excluding carboxylic acids is 3. The van der Waals surface area contributed by atoms with Crippen molar-refractivity contribution in [2.45, 2.75) is 26.9 Å². The van der Waals surface area contributed by atoms with E-state index in [0.717, 1.165) is 10.5 Å². The average molecular weight is 515 g/mol. The first kappa shape index (κ1) is 25.7. The zero-order valence-corrected chi connectivity index (χ0v) is 21.0. The summed E-state index contributed by atoms with van der Waals surface area (Å²) in [6.07, 6.45) is 2.08. The number of imide groups is 1. The third-order valence-electron chi connectivity index (χ3n) is 5.87. The van der Waals surface area contributed by atoms with E-state index in [0.29, 0.717) is 29.1 Å². The molecule has 0 saturated heterocycles. The second-order valence-corrected chi connectivity index (χ2v) is 8.80. The van der Waals surface area contributed by atoms with Crippen LogP contribution in [0.4, 0.5) is 0 Å². The summed E-state index contributed by atoms with van der Waals surface area (Å²) in [7, 11) is 0. The van der Waals surface area contributed by atoms with Crippen LogP contribution in [-0.2, 0) is 20.9 Å². The molecule has 0 spiro atoms. The van der Waals surface area contributed by atoms with E-state index in [-0.39, 0.29) is 34.9 Å². The molecule has 1 aliphatic heterocycles. The maximum Gasteiger partial charge on any atom is 0.340 e. The second kappa shape index (κ2) is 11.1.